The lowest BCUT2D eigenvalue weighted by Crippen LogP contribution is -2.13. The number of amides is 1. The normalized spacial score (nSPS) is 10.2. The van der Waals surface area contributed by atoms with Gasteiger partial charge in [0, 0.05) is 5.56 Å². The van der Waals surface area contributed by atoms with Crippen LogP contribution in [0, 0.1) is 0 Å². The van der Waals surface area contributed by atoms with Crippen molar-refractivity contribution in [3.8, 4) is 17.2 Å². The first-order valence-corrected chi connectivity index (χ1v) is 9.40. The van der Waals surface area contributed by atoms with Gasteiger partial charge < -0.3 is 19.5 Å². The molecule has 3 aromatic carbocycles. The van der Waals surface area contributed by atoms with E-state index in [-0.39, 0.29) is 5.91 Å². The van der Waals surface area contributed by atoms with Gasteiger partial charge in [0.25, 0.3) is 5.91 Å². The van der Waals surface area contributed by atoms with E-state index in [9.17, 15) is 4.79 Å². The minimum absolute atomic E-state index is 0.280. The van der Waals surface area contributed by atoms with Crippen LogP contribution >= 0.6 is 15.9 Å². The molecule has 0 aliphatic carbocycles. The van der Waals surface area contributed by atoms with Gasteiger partial charge in [-0.05, 0) is 45.8 Å². The standard InChI is InChI=1S/C22H20BrNO4/c1-26-19-11-7-6-10-18(19)24-22(25)16-12-17(23)21(20(13-16)27-2)28-14-15-8-4-3-5-9-15/h3-13H,14H2,1-2H3,(H,24,25). The number of rotatable bonds is 7. The summed E-state index contributed by atoms with van der Waals surface area (Å²) in [7, 11) is 3.10. The van der Waals surface area contributed by atoms with E-state index in [1.54, 1.807) is 38.5 Å². The van der Waals surface area contributed by atoms with Gasteiger partial charge in [0.1, 0.15) is 12.4 Å². The van der Waals surface area contributed by atoms with Crippen LogP contribution in [0.1, 0.15) is 15.9 Å². The lowest BCUT2D eigenvalue weighted by molar-refractivity contribution is 0.102. The predicted octanol–water partition coefficient (Wildman–Crippen LogP) is 5.30. The molecule has 5 nitrogen and oxygen atoms in total. The molecule has 0 fully saturated rings. The zero-order valence-electron chi connectivity index (χ0n) is 15.6. The van der Waals surface area contributed by atoms with Crippen molar-refractivity contribution in [2.75, 3.05) is 19.5 Å². The molecule has 0 aliphatic rings. The monoisotopic (exact) mass is 441 g/mol. The van der Waals surface area contributed by atoms with Crippen LogP contribution in [0.25, 0.3) is 0 Å². The number of hydrogen-bond acceptors (Lipinski definition) is 4. The minimum Gasteiger partial charge on any atom is -0.495 e. The molecule has 28 heavy (non-hydrogen) atoms. The summed E-state index contributed by atoms with van der Waals surface area (Å²) in [5.41, 5.74) is 2.06. The number of para-hydroxylation sites is 2. The average molecular weight is 442 g/mol. The summed E-state index contributed by atoms with van der Waals surface area (Å²) in [4.78, 5) is 12.7. The maximum Gasteiger partial charge on any atom is 0.255 e. The van der Waals surface area contributed by atoms with Gasteiger partial charge in [0.2, 0.25) is 0 Å². The molecule has 0 aliphatic heterocycles. The number of ether oxygens (including phenoxy) is 3. The fourth-order valence-corrected chi connectivity index (χ4v) is 3.22. The molecule has 144 valence electrons. The predicted molar refractivity (Wildman–Crippen MR) is 112 cm³/mol. The van der Waals surface area contributed by atoms with E-state index < -0.39 is 0 Å². The second-order valence-electron chi connectivity index (χ2n) is 5.92. The molecule has 0 spiro atoms. The Morgan fingerprint density at radius 3 is 2.32 bits per heavy atom. The summed E-state index contributed by atoms with van der Waals surface area (Å²) in [5.74, 6) is 1.32. The van der Waals surface area contributed by atoms with Crippen LogP contribution in [0.15, 0.2) is 71.2 Å². The Bertz CT molecular complexity index is 960. The quantitative estimate of drug-likeness (QED) is 0.540. The lowest BCUT2D eigenvalue weighted by atomic mass is 10.1. The summed E-state index contributed by atoms with van der Waals surface area (Å²) in [6.45, 7) is 0.391. The van der Waals surface area contributed by atoms with Crippen molar-refractivity contribution >= 4 is 27.5 Å². The maximum atomic E-state index is 12.7. The van der Waals surface area contributed by atoms with Gasteiger partial charge in [-0.15, -0.1) is 0 Å². The highest BCUT2D eigenvalue weighted by atomic mass is 79.9. The minimum atomic E-state index is -0.280. The van der Waals surface area contributed by atoms with E-state index in [1.165, 1.54) is 0 Å². The zero-order chi connectivity index (χ0) is 19.9. The molecule has 0 saturated carbocycles. The van der Waals surface area contributed by atoms with E-state index >= 15 is 0 Å². The third-order valence-corrected chi connectivity index (χ3v) is 4.66. The molecule has 0 atom stereocenters. The summed E-state index contributed by atoms with van der Waals surface area (Å²) in [5, 5.41) is 2.85. The number of hydrogen-bond donors (Lipinski definition) is 1. The number of anilines is 1. The maximum absolute atomic E-state index is 12.7. The van der Waals surface area contributed by atoms with E-state index in [4.69, 9.17) is 14.2 Å². The Balaban J connectivity index is 1.81. The fourth-order valence-electron chi connectivity index (χ4n) is 2.66. The van der Waals surface area contributed by atoms with E-state index in [2.05, 4.69) is 21.2 Å². The number of halogens is 1. The number of carbonyl (C=O) groups excluding carboxylic acids is 1. The average Bonchev–Trinajstić information content (AvgIpc) is 2.73. The number of carbonyl (C=O) groups is 1. The Hall–Kier alpha value is -2.99. The first-order valence-electron chi connectivity index (χ1n) is 8.61. The molecule has 1 amide bonds. The third kappa shape index (κ3) is 4.64. The Morgan fingerprint density at radius 1 is 0.929 bits per heavy atom. The molecular weight excluding hydrogens is 422 g/mol. The van der Waals surface area contributed by atoms with Crippen LogP contribution in [-0.2, 0) is 6.61 Å². The summed E-state index contributed by atoms with van der Waals surface area (Å²) < 4.78 is 17.3. The van der Waals surface area contributed by atoms with Gasteiger partial charge >= 0.3 is 0 Å². The molecule has 0 radical (unpaired) electrons. The zero-order valence-corrected chi connectivity index (χ0v) is 17.2. The van der Waals surface area contributed by atoms with E-state index in [1.807, 2.05) is 42.5 Å². The molecule has 3 aromatic rings. The Kier molecular flexibility index (Phi) is 6.55. The van der Waals surface area contributed by atoms with Gasteiger partial charge in [-0.25, -0.2) is 0 Å². The van der Waals surface area contributed by atoms with Crippen LogP contribution in [0.4, 0.5) is 5.69 Å². The number of benzene rings is 3. The highest BCUT2D eigenvalue weighted by Crippen LogP contribution is 2.37. The molecule has 3 rings (SSSR count). The highest BCUT2D eigenvalue weighted by molar-refractivity contribution is 9.10. The molecule has 1 N–H and O–H groups in total. The number of methoxy groups -OCH3 is 2. The highest BCUT2D eigenvalue weighted by Gasteiger charge is 2.17. The van der Waals surface area contributed by atoms with Crippen LogP contribution in [0.5, 0.6) is 17.2 Å². The van der Waals surface area contributed by atoms with Gasteiger partial charge in [0.15, 0.2) is 11.5 Å². The Labute approximate surface area is 172 Å². The molecule has 0 heterocycles. The van der Waals surface area contributed by atoms with Crippen molar-refractivity contribution in [3.63, 3.8) is 0 Å². The SMILES string of the molecule is COc1ccccc1NC(=O)c1cc(Br)c(OCc2ccccc2)c(OC)c1. The second-order valence-corrected chi connectivity index (χ2v) is 6.77. The molecule has 0 aromatic heterocycles. The van der Waals surface area contributed by atoms with Crippen molar-refractivity contribution in [1.82, 2.24) is 0 Å². The summed E-state index contributed by atoms with van der Waals surface area (Å²) in [6.07, 6.45) is 0. The fraction of sp³-hybridized carbons (Fsp3) is 0.136. The summed E-state index contributed by atoms with van der Waals surface area (Å²) in [6, 6.07) is 20.4. The molecular formula is C22H20BrNO4. The largest absolute Gasteiger partial charge is 0.495 e. The van der Waals surface area contributed by atoms with Crippen molar-refractivity contribution in [1.29, 1.82) is 0 Å². The topological polar surface area (TPSA) is 56.8 Å². The molecule has 0 saturated heterocycles. The first kappa shape index (κ1) is 19.8. The number of nitrogens with one attached hydrogen (secondary N) is 1. The van der Waals surface area contributed by atoms with Gasteiger partial charge in [-0.2, -0.15) is 0 Å². The van der Waals surface area contributed by atoms with E-state index in [0.717, 1.165) is 5.56 Å². The second kappa shape index (κ2) is 9.28. The Morgan fingerprint density at radius 2 is 1.61 bits per heavy atom. The van der Waals surface area contributed by atoms with Crippen molar-refractivity contribution in [3.05, 3.63) is 82.3 Å². The van der Waals surface area contributed by atoms with Crippen LogP contribution in [0.2, 0.25) is 0 Å². The smallest absolute Gasteiger partial charge is 0.255 e. The van der Waals surface area contributed by atoms with Crippen LogP contribution in [-0.4, -0.2) is 20.1 Å². The molecule has 0 unspecified atom stereocenters. The third-order valence-electron chi connectivity index (χ3n) is 4.07. The lowest BCUT2D eigenvalue weighted by Gasteiger charge is -2.15. The van der Waals surface area contributed by atoms with Gasteiger partial charge in [0.05, 0.1) is 24.4 Å². The molecule has 6 heteroatoms. The van der Waals surface area contributed by atoms with Crippen molar-refractivity contribution in [2.45, 2.75) is 6.61 Å². The molecule has 0 bridgehead atoms. The van der Waals surface area contributed by atoms with E-state index in [0.29, 0.717) is 39.6 Å². The van der Waals surface area contributed by atoms with Crippen LogP contribution in [0.3, 0.4) is 0 Å². The first-order chi connectivity index (χ1) is 13.6. The van der Waals surface area contributed by atoms with Gasteiger partial charge in [-0.3, -0.25) is 4.79 Å². The van der Waals surface area contributed by atoms with Gasteiger partial charge in [-0.1, -0.05) is 42.5 Å². The van der Waals surface area contributed by atoms with Crippen molar-refractivity contribution < 1.29 is 19.0 Å². The summed E-state index contributed by atoms with van der Waals surface area (Å²) >= 11 is 3.48. The van der Waals surface area contributed by atoms with Crippen LogP contribution < -0.4 is 19.5 Å². The van der Waals surface area contributed by atoms with Crippen molar-refractivity contribution in [2.24, 2.45) is 0 Å².